The Hall–Kier alpha value is -0.610. The largest absolute Gasteiger partial charge is 0.352 e. The summed E-state index contributed by atoms with van der Waals surface area (Å²) in [5.41, 5.74) is 0.247. The summed E-state index contributed by atoms with van der Waals surface area (Å²) >= 11 is 0. The van der Waals surface area contributed by atoms with E-state index in [-0.39, 0.29) is 17.5 Å². The molecule has 4 nitrogen and oxygen atoms in total. The molecule has 2 N–H and O–H groups in total. The Morgan fingerprint density at radius 3 is 2.32 bits per heavy atom. The maximum absolute atomic E-state index is 12.2. The van der Waals surface area contributed by atoms with Gasteiger partial charge < -0.3 is 10.6 Å². The third-order valence-electron chi connectivity index (χ3n) is 4.61. The molecule has 4 heteroatoms. The van der Waals surface area contributed by atoms with Crippen LogP contribution in [0.4, 0.5) is 0 Å². The van der Waals surface area contributed by atoms with Crippen molar-refractivity contribution in [2.75, 3.05) is 19.6 Å². The van der Waals surface area contributed by atoms with E-state index in [0.29, 0.717) is 12.0 Å². The molecule has 2 fully saturated rings. The average Bonchev–Trinajstić information content (AvgIpc) is 2.75. The summed E-state index contributed by atoms with van der Waals surface area (Å²) in [4.78, 5) is 14.7. The highest BCUT2D eigenvalue weighted by Crippen LogP contribution is 2.21. The fraction of sp³-hybridized carbons (Fsp3) is 0.933. The smallest absolute Gasteiger partial charge is 0.237 e. The van der Waals surface area contributed by atoms with Crippen molar-refractivity contribution < 1.29 is 4.79 Å². The molecule has 2 atom stereocenters. The highest BCUT2D eigenvalue weighted by atomic mass is 16.2. The van der Waals surface area contributed by atoms with E-state index in [0.717, 1.165) is 38.9 Å². The summed E-state index contributed by atoms with van der Waals surface area (Å²) in [5.74, 6) is 0.675. The van der Waals surface area contributed by atoms with Crippen LogP contribution in [-0.2, 0) is 4.79 Å². The summed E-state index contributed by atoms with van der Waals surface area (Å²) in [6.07, 6.45) is 3.26. The van der Waals surface area contributed by atoms with Gasteiger partial charge in [-0.05, 0) is 52.5 Å². The Balaban J connectivity index is 1.78. The molecule has 110 valence electrons. The van der Waals surface area contributed by atoms with Crippen molar-refractivity contribution in [3.63, 3.8) is 0 Å². The van der Waals surface area contributed by atoms with E-state index in [1.165, 1.54) is 0 Å². The standard InChI is InChI=1S/C15H29N3O/c1-11-5-8-16-13(11)14(19)17-12-6-9-18(10-7-12)15(2,3)4/h11-13,16H,5-10H2,1-4H3,(H,17,19). The van der Waals surface area contributed by atoms with Gasteiger partial charge in [0.25, 0.3) is 0 Å². The van der Waals surface area contributed by atoms with Crippen molar-refractivity contribution in [1.29, 1.82) is 0 Å². The van der Waals surface area contributed by atoms with Gasteiger partial charge in [-0.1, -0.05) is 6.92 Å². The lowest BCUT2D eigenvalue weighted by Gasteiger charge is -2.41. The minimum absolute atomic E-state index is 0.0284. The van der Waals surface area contributed by atoms with Crippen molar-refractivity contribution in [3.05, 3.63) is 0 Å². The first-order valence-electron chi connectivity index (χ1n) is 7.67. The molecule has 0 aromatic rings. The van der Waals surface area contributed by atoms with Crippen molar-refractivity contribution >= 4 is 5.91 Å². The van der Waals surface area contributed by atoms with Gasteiger partial charge in [0.2, 0.25) is 5.91 Å². The van der Waals surface area contributed by atoms with E-state index in [2.05, 4.69) is 43.2 Å². The first kappa shape index (κ1) is 14.8. The maximum atomic E-state index is 12.2. The van der Waals surface area contributed by atoms with Gasteiger partial charge >= 0.3 is 0 Å². The summed E-state index contributed by atoms with van der Waals surface area (Å²) in [7, 11) is 0. The molecule has 0 radical (unpaired) electrons. The molecule has 1 amide bonds. The first-order valence-corrected chi connectivity index (χ1v) is 7.67. The highest BCUT2D eigenvalue weighted by Gasteiger charge is 2.32. The molecule has 0 spiro atoms. The van der Waals surface area contributed by atoms with Gasteiger partial charge in [-0.3, -0.25) is 9.69 Å². The molecule has 2 saturated heterocycles. The lowest BCUT2D eigenvalue weighted by Crippen LogP contribution is -2.53. The van der Waals surface area contributed by atoms with Crippen molar-refractivity contribution in [2.45, 2.75) is 64.6 Å². The zero-order chi connectivity index (χ0) is 14.0. The van der Waals surface area contributed by atoms with E-state index in [1.807, 2.05) is 0 Å². The lowest BCUT2D eigenvalue weighted by molar-refractivity contribution is -0.124. The Morgan fingerprint density at radius 1 is 1.21 bits per heavy atom. The number of rotatable bonds is 2. The predicted molar refractivity (Wildman–Crippen MR) is 78.1 cm³/mol. The molecule has 2 rings (SSSR count). The Bertz CT molecular complexity index is 316. The molecule has 0 bridgehead atoms. The number of likely N-dealkylation sites (tertiary alicyclic amines) is 1. The van der Waals surface area contributed by atoms with Crippen LogP contribution in [0.2, 0.25) is 0 Å². The van der Waals surface area contributed by atoms with Crippen LogP contribution < -0.4 is 10.6 Å². The monoisotopic (exact) mass is 267 g/mol. The van der Waals surface area contributed by atoms with Gasteiger partial charge in [-0.25, -0.2) is 0 Å². The van der Waals surface area contributed by atoms with Gasteiger partial charge in [-0.15, -0.1) is 0 Å². The molecule has 19 heavy (non-hydrogen) atoms. The molecule has 0 aromatic carbocycles. The summed E-state index contributed by atoms with van der Waals surface area (Å²) in [6.45, 7) is 12.1. The lowest BCUT2D eigenvalue weighted by atomic mass is 9.97. The van der Waals surface area contributed by atoms with E-state index in [9.17, 15) is 4.79 Å². The molecule has 2 aliphatic rings. The van der Waals surface area contributed by atoms with Crippen molar-refractivity contribution in [1.82, 2.24) is 15.5 Å². The average molecular weight is 267 g/mol. The number of carbonyl (C=O) groups excluding carboxylic acids is 1. The fourth-order valence-corrected chi connectivity index (χ4v) is 3.17. The number of nitrogens with zero attached hydrogens (tertiary/aromatic N) is 1. The van der Waals surface area contributed by atoms with E-state index < -0.39 is 0 Å². The van der Waals surface area contributed by atoms with Crippen LogP contribution in [0, 0.1) is 5.92 Å². The second kappa shape index (κ2) is 5.80. The van der Waals surface area contributed by atoms with Gasteiger partial charge in [0.05, 0.1) is 6.04 Å². The van der Waals surface area contributed by atoms with Crippen LogP contribution in [0.1, 0.15) is 47.0 Å². The molecule has 0 saturated carbocycles. The Labute approximate surface area is 117 Å². The summed E-state index contributed by atoms with van der Waals surface area (Å²) in [5, 5.41) is 6.54. The van der Waals surface area contributed by atoms with E-state index in [4.69, 9.17) is 0 Å². The van der Waals surface area contributed by atoms with Crippen LogP contribution in [0.5, 0.6) is 0 Å². The summed E-state index contributed by atoms with van der Waals surface area (Å²) in [6, 6.07) is 0.390. The number of piperidine rings is 1. The minimum atomic E-state index is 0.0284. The van der Waals surface area contributed by atoms with Crippen molar-refractivity contribution in [3.8, 4) is 0 Å². The van der Waals surface area contributed by atoms with Gasteiger partial charge in [0, 0.05) is 24.7 Å². The number of hydrogen-bond acceptors (Lipinski definition) is 3. The van der Waals surface area contributed by atoms with Crippen LogP contribution in [0.3, 0.4) is 0 Å². The SMILES string of the molecule is CC1CCNC1C(=O)NC1CCN(C(C)(C)C)CC1. The van der Waals surface area contributed by atoms with Gasteiger partial charge in [-0.2, -0.15) is 0 Å². The number of nitrogens with one attached hydrogen (secondary N) is 2. The molecular formula is C15H29N3O. The second-order valence-electron chi connectivity index (χ2n) is 7.14. The van der Waals surface area contributed by atoms with Gasteiger partial charge in [0.1, 0.15) is 0 Å². The molecular weight excluding hydrogens is 238 g/mol. The normalized spacial score (nSPS) is 30.5. The molecule has 2 unspecified atom stereocenters. The zero-order valence-electron chi connectivity index (χ0n) is 12.8. The molecule has 2 aliphatic heterocycles. The van der Waals surface area contributed by atoms with Crippen LogP contribution in [0.25, 0.3) is 0 Å². The number of amides is 1. The third kappa shape index (κ3) is 3.69. The number of hydrogen-bond donors (Lipinski definition) is 2. The van der Waals surface area contributed by atoms with Gasteiger partial charge in [0.15, 0.2) is 0 Å². The van der Waals surface area contributed by atoms with Crippen LogP contribution >= 0.6 is 0 Å². The molecule has 2 heterocycles. The first-order chi connectivity index (χ1) is 8.88. The van der Waals surface area contributed by atoms with E-state index >= 15 is 0 Å². The third-order valence-corrected chi connectivity index (χ3v) is 4.61. The van der Waals surface area contributed by atoms with Crippen LogP contribution in [0.15, 0.2) is 0 Å². The predicted octanol–water partition coefficient (Wildman–Crippen LogP) is 1.36. The minimum Gasteiger partial charge on any atom is -0.352 e. The fourth-order valence-electron chi connectivity index (χ4n) is 3.17. The Kier molecular flexibility index (Phi) is 4.51. The van der Waals surface area contributed by atoms with Crippen LogP contribution in [-0.4, -0.2) is 48.1 Å². The molecule has 0 aromatic heterocycles. The zero-order valence-corrected chi connectivity index (χ0v) is 12.8. The van der Waals surface area contributed by atoms with E-state index in [1.54, 1.807) is 0 Å². The quantitative estimate of drug-likeness (QED) is 0.794. The second-order valence-corrected chi connectivity index (χ2v) is 7.14. The van der Waals surface area contributed by atoms with Crippen molar-refractivity contribution in [2.24, 2.45) is 5.92 Å². The molecule has 0 aliphatic carbocycles. The number of carbonyl (C=O) groups is 1. The topological polar surface area (TPSA) is 44.4 Å². The Morgan fingerprint density at radius 2 is 1.84 bits per heavy atom. The summed E-state index contributed by atoms with van der Waals surface area (Å²) < 4.78 is 0. The maximum Gasteiger partial charge on any atom is 0.237 e. The highest BCUT2D eigenvalue weighted by molar-refractivity contribution is 5.82.